The number of carbonyl (C=O) groups is 1. The molecule has 2 rings (SSSR count). The zero-order valence-corrected chi connectivity index (χ0v) is 14.0. The largest absolute Gasteiger partial charge is 0.487 e. The third-order valence-corrected chi connectivity index (χ3v) is 3.62. The van der Waals surface area contributed by atoms with Crippen LogP contribution >= 0.6 is 0 Å². The Morgan fingerprint density at radius 3 is 2.41 bits per heavy atom. The third kappa shape index (κ3) is 4.47. The molecule has 4 nitrogen and oxygen atoms in total. The first-order valence-corrected chi connectivity index (χ1v) is 8.19. The van der Waals surface area contributed by atoms with Gasteiger partial charge in [0.15, 0.2) is 17.3 Å². The quantitative estimate of drug-likeness (QED) is 0.818. The van der Waals surface area contributed by atoms with Gasteiger partial charge in [0.1, 0.15) is 0 Å². The molecule has 0 radical (unpaired) electrons. The molecule has 4 heteroatoms. The minimum absolute atomic E-state index is 0.0382. The van der Waals surface area contributed by atoms with Crippen LogP contribution in [-0.2, 0) is 0 Å². The summed E-state index contributed by atoms with van der Waals surface area (Å²) in [5, 5.41) is 3.29. The Bertz CT molecular complexity index is 505. The minimum Gasteiger partial charge on any atom is -0.487 e. The van der Waals surface area contributed by atoms with E-state index < -0.39 is 0 Å². The molecule has 1 fully saturated rings. The Balaban J connectivity index is 2.22. The molecule has 1 atom stereocenters. The molecular formula is C18H27NO3. The van der Waals surface area contributed by atoms with Crippen LogP contribution in [0.4, 0.5) is 0 Å². The lowest BCUT2D eigenvalue weighted by Gasteiger charge is -2.22. The molecule has 1 aliphatic rings. The van der Waals surface area contributed by atoms with E-state index in [1.54, 1.807) is 0 Å². The van der Waals surface area contributed by atoms with E-state index in [9.17, 15) is 4.79 Å². The SMILES string of the molecule is CC(C)Oc1ccc(C(=O)C2CCCNC2)cc1OC(C)C. The molecule has 0 bridgehead atoms. The zero-order valence-electron chi connectivity index (χ0n) is 14.0. The summed E-state index contributed by atoms with van der Waals surface area (Å²) < 4.78 is 11.6. The van der Waals surface area contributed by atoms with Crippen LogP contribution < -0.4 is 14.8 Å². The van der Waals surface area contributed by atoms with Crippen LogP contribution in [0.15, 0.2) is 18.2 Å². The predicted octanol–water partition coefficient (Wildman–Crippen LogP) is 3.44. The van der Waals surface area contributed by atoms with Crippen LogP contribution in [0.3, 0.4) is 0 Å². The zero-order chi connectivity index (χ0) is 16.1. The molecule has 1 saturated heterocycles. The van der Waals surface area contributed by atoms with Crippen molar-refractivity contribution in [3.8, 4) is 11.5 Å². The first-order valence-electron chi connectivity index (χ1n) is 8.19. The molecule has 0 aromatic heterocycles. The van der Waals surface area contributed by atoms with Gasteiger partial charge >= 0.3 is 0 Å². The van der Waals surface area contributed by atoms with Gasteiger partial charge in [-0.05, 0) is 65.3 Å². The van der Waals surface area contributed by atoms with Gasteiger partial charge in [0.2, 0.25) is 0 Å². The first-order chi connectivity index (χ1) is 10.5. The summed E-state index contributed by atoms with van der Waals surface area (Å²) in [6, 6.07) is 5.53. The van der Waals surface area contributed by atoms with E-state index in [2.05, 4.69) is 5.32 Å². The van der Waals surface area contributed by atoms with Crippen molar-refractivity contribution < 1.29 is 14.3 Å². The second-order valence-corrected chi connectivity index (χ2v) is 6.40. The molecule has 122 valence electrons. The van der Waals surface area contributed by atoms with Gasteiger partial charge in [-0.15, -0.1) is 0 Å². The molecule has 1 heterocycles. The van der Waals surface area contributed by atoms with Crippen molar-refractivity contribution in [2.75, 3.05) is 13.1 Å². The summed E-state index contributed by atoms with van der Waals surface area (Å²) in [6.45, 7) is 9.67. The van der Waals surface area contributed by atoms with E-state index >= 15 is 0 Å². The average molecular weight is 305 g/mol. The smallest absolute Gasteiger partial charge is 0.167 e. The molecular weight excluding hydrogens is 278 g/mol. The van der Waals surface area contributed by atoms with Crippen LogP contribution in [0.5, 0.6) is 11.5 Å². The standard InChI is InChI=1S/C18H27NO3/c1-12(2)21-16-8-7-14(10-17(16)22-13(3)4)18(20)15-6-5-9-19-11-15/h7-8,10,12-13,15,19H,5-6,9,11H2,1-4H3. The molecule has 1 N–H and O–H groups in total. The second-order valence-electron chi connectivity index (χ2n) is 6.40. The van der Waals surface area contributed by atoms with Crippen molar-refractivity contribution in [3.63, 3.8) is 0 Å². The number of hydrogen-bond donors (Lipinski definition) is 1. The molecule has 1 aromatic rings. The van der Waals surface area contributed by atoms with Gasteiger partial charge in [-0.25, -0.2) is 0 Å². The number of rotatable bonds is 6. The Morgan fingerprint density at radius 2 is 1.82 bits per heavy atom. The van der Waals surface area contributed by atoms with E-state index in [4.69, 9.17) is 9.47 Å². The van der Waals surface area contributed by atoms with E-state index in [0.29, 0.717) is 17.1 Å². The molecule has 0 saturated carbocycles. The number of ketones is 1. The number of Topliss-reactive ketones (excluding diaryl/α,β-unsaturated/α-hetero) is 1. The number of carbonyl (C=O) groups excluding carboxylic acids is 1. The van der Waals surface area contributed by atoms with Crippen LogP contribution in [0, 0.1) is 5.92 Å². The highest BCUT2D eigenvalue weighted by atomic mass is 16.5. The van der Waals surface area contributed by atoms with Gasteiger partial charge in [0.05, 0.1) is 12.2 Å². The van der Waals surface area contributed by atoms with Crippen LogP contribution in [0.25, 0.3) is 0 Å². The molecule has 1 unspecified atom stereocenters. The van der Waals surface area contributed by atoms with Crippen LogP contribution in [-0.4, -0.2) is 31.1 Å². The van der Waals surface area contributed by atoms with Gasteiger partial charge in [-0.1, -0.05) is 0 Å². The summed E-state index contributed by atoms with van der Waals surface area (Å²) in [5.74, 6) is 1.61. The molecule has 0 amide bonds. The Hall–Kier alpha value is -1.55. The Morgan fingerprint density at radius 1 is 1.14 bits per heavy atom. The average Bonchev–Trinajstić information content (AvgIpc) is 2.48. The first kappa shape index (κ1) is 16.8. The van der Waals surface area contributed by atoms with Crippen LogP contribution in [0.1, 0.15) is 50.9 Å². The maximum Gasteiger partial charge on any atom is 0.167 e. The molecule has 1 aliphatic heterocycles. The normalized spacial score (nSPS) is 18.5. The highest BCUT2D eigenvalue weighted by Gasteiger charge is 2.23. The fourth-order valence-electron chi connectivity index (χ4n) is 2.67. The summed E-state index contributed by atoms with van der Waals surface area (Å²) in [4.78, 5) is 12.6. The third-order valence-electron chi connectivity index (χ3n) is 3.62. The lowest BCUT2D eigenvalue weighted by molar-refractivity contribution is 0.0898. The van der Waals surface area contributed by atoms with Gasteiger partial charge in [0.25, 0.3) is 0 Å². The fourth-order valence-corrected chi connectivity index (χ4v) is 2.67. The summed E-state index contributed by atoms with van der Waals surface area (Å²) in [7, 11) is 0. The lowest BCUT2D eigenvalue weighted by atomic mass is 9.91. The highest BCUT2D eigenvalue weighted by Crippen LogP contribution is 2.31. The van der Waals surface area contributed by atoms with E-state index in [1.807, 2.05) is 45.9 Å². The number of benzene rings is 1. The molecule has 22 heavy (non-hydrogen) atoms. The summed E-state index contributed by atoms with van der Waals surface area (Å²) in [6.07, 6.45) is 2.12. The van der Waals surface area contributed by atoms with Gasteiger partial charge < -0.3 is 14.8 Å². The number of piperidine rings is 1. The van der Waals surface area contributed by atoms with Crippen molar-refractivity contribution in [2.24, 2.45) is 5.92 Å². The van der Waals surface area contributed by atoms with E-state index in [0.717, 1.165) is 25.9 Å². The van der Waals surface area contributed by atoms with Crippen molar-refractivity contribution >= 4 is 5.78 Å². The Labute approximate surface area is 133 Å². The monoisotopic (exact) mass is 305 g/mol. The predicted molar refractivity (Wildman–Crippen MR) is 87.9 cm³/mol. The van der Waals surface area contributed by atoms with Gasteiger partial charge in [-0.3, -0.25) is 4.79 Å². The lowest BCUT2D eigenvalue weighted by Crippen LogP contribution is -2.34. The topological polar surface area (TPSA) is 47.6 Å². The van der Waals surface area contributed by atoms with Gasteiger partial charge in [0, 0.05) is 18.0 Å². The number of hydrogen-bond acceptors (Lipinski definition) is 4. The molecule has 0 aliphatic carbocycles. The maximum absolute atomic E-state index is 12.6. The van der Waals surface area contributed by atoms with Crippen LogP contribution in [0.2, 0.25) is 0 Å². The van der Waals surface area contributed by atoms with Crippen molar-refractivity contribution in [2.45, 2.75) is 52.7 Å². The van der Waals surface area contributed by atoms with E-state index in [1.165, 1.54) is 0 Å². The molecule has 0 spiro atoms. The number of nitrogens with one attached hydrogen (secondary N) is 1. The van der Waals surface area contributed by atoms with Crippen molar-refractivity contribution in [1.82, 2.24) is 5.32 Å². The minimum atomic E-state index is 0.0382. The van der Waals surface area contributed by atoms with Crippen molar-refractivity contribution in [3.05, 3.63) is 23.8 Å². The summed E-state index contributed by atoms with van der Waals surface area (Å²) in [5.41, 5.74) is 0.709. The number of ether oxygens (including phenoxy) is 2. The maximum atomic E-state index is 12.6. The highest BCUT2D eigenvalue weighted by molar-refractivity contribution is 5.98. The second kappa shape index (κ2) is 7.63. The molecule has 1 aromatic carbocycles. The van der Waals surface area contributed by atoms with E-state index in [-0.39, 0.29) is 23.9 Å². The fraction of sp³-hybridized carbons (Fsp3) is 0.611. The Kier molecular flexibility index (Phi) is 5.83. The van der Waals surface area contributed by atoms with Gasteiger partial charge in [-0.2, -0.15) is 0 Å². The van der Waals surface area contributed by atoms with Crippen molar-refractivity contribution in [1.29, 1.82) is 0 Å². The summed E-state index contributed by atoms with van der Waals surface area (Å²) >= 11 is 0.